The quantitative estimate of drug-likeness (QED) is 0.361. The Morgan fingerprint density at radius 1 is 1.31 bits per heavy atom. The average Bonchev–Trinajstić information content (AvgIpc) is 2.48. The van der Waals surface area contributed by atoms with Crippen molar-refractivity contribution >= 4 is 17.4 Å². The van der Waals surface area contributed by atoms with Gasteiger partial charge in [0.1, 0.15) is 5.52 Å². The molecule has 0 aliphatic rings. The van der Waals surface area contributed by atoms with Gasteiger partial charge in [0.2, 0.25) is 0 Å². The topological polar surface area (TPSA) is 33.7 Å². The number of rotatable bonds is 1. The predicted octanol–water partition coefficient (Wildman–Crippen LogP) is 0.580. The zero-order valence-electron chi connectivity index (χ0n) is 7.68. The van der Waals surface area contributed by atoms with Crippen LogP contribution in [0.5, 0.6) is 0 Å². The maximum absolute atomic E-state index is 4.03. The molecule has 1 heterocycles. The largest absolute Gasteiger partial charge is 0.271 e. The first-order valence-electron chi connectivity index (χ1n) is 4.09. The van der Waals surface area contributed by atoms with E-state index in [2.05, 4.69) is 10.3 Å². The van der Waals surface area contributed by atoms with Crippen LogP contribution in [0.15, 0.2) is 24.3 Å². The number of fused-ring (bicyclic) bond motifs is 1. The zero-order valence-corrected chi connectivity index (χ0v) is 7.68. The summed E-state index contributed by atoms with van der Waals surface area (Å²) in [6.07, 6.45) is 1.88. The van der Waals surface area contributed by atoms with Gasteiger partial charge in [0, 0.05) is 5.21 Å². The molecule has 0 saturated carbocycles. The van der Waals surface area contributed by atoms with E-state index in [0.717, 1.165) is 11.0 Å². The summed E-state index contributed by atoms with van der Waals surface area (Å²) < 4.78 is 3.69. The minimum atomic E-state index is 0.917. The van der Waals surface area contributed by atoms with Crippen molar-refractivity contribution in [1.29, 1.82) is 0 Å². The fourth-order valence-corrected chi connectivity index (χ4v) is 1.19. The molecule has 0 fully saturated rings. The molecule has 1 aromatic heterocycles. The summed E-state index contributed by atoms with van der Waals surface area (Å²) in [5.74, 6) is 0. The zero-order chi connectivity index (χ0) is 9.26. The van der Waals surface area contributed by atoms with Gasteiger partial charge in [-0.1, -0.05) is 16.8 Å². The van der Waals surface area contributed by atoms with Crippen LogP contribution in [-0.2, 0) is 0 Å². The summed E-state index contributed by atoms with van der Waals surface area (Å²) in [6.45, 7) is 0. The van der Waals surface area contributed by atoms with Crippen LogP contribution in [0, 0.1) is 0 Å². The normalized spacial score (nSPS) is 10.3. The number of aromatic nitrogens is 3. The van der Waals surface area contributed by atoms with Crippen LogP contribution in [0.1, 0.15) is 0 Å². The van der Waals surface area contributed by atoms with E-state index in [0.29, 0.717) is 0 Å². The Hall–Kier alpha value is -1.71. The van der Waals surface area contributed by atoms with E-state index in [4.69, 9.17) is 0 Å². The van der Waals surface area contributed by atoms with Crippen LogP contribution in [0.4, 0.5) is 0 Å². The Bertz CT molecular complexity index is 451. The Balaban J connectivity index is 2.65. The third-order valence-electron chi connectivity index (χ3n) is 1.72. The Labute approximate surface area is 76.1 Å². The van der Waals surface area contributed by atoms with Gasteiger partial charge in [0.05, 0.1) is 14.1 Å². The molecule has 2 rings (SSSR count). The van der Waals surface area contributed by atoms with Gasteiger partial charge in [-0.15, -0.1) is 5.10 Å². The molecule has 0 aliphatic heterocycles. The van der Waals surface area contributed by atoms with Crippen LogP contribution < -0.4 is 0 Å². The third-order valence-corrected chi connectivity index (χ3v) is 1.72. The van der Waals surface area contributed by atoms with Crippen molar-refractivity contribution in [2.75, 3.05) is 14.1 Å². The standard InChI is InChI=1S/C9H11N4/c1-12(2)7-13-9-6-4-3-5-8(9)10-11-13/h3-7H,1-2H3/q+1. The van der Waals surface area contributed by atoms with E-state index >= 15 is 0 Å². The summed E-state index contributed by atoms with van der Waals surface area (Å²) in [5, 5.41) is 8.03. The van der Waals surface area contributed by atoms with Crippen LogP contribution in [0.3, 0.4) is 0 Å². The van der Waals surface area contributed by atoms with Gasteiger partial charge < -0.3 is 0 Å². The van der Waals surface area contributed by atoms with Gasteiger partial charge in [-0.25, -0.2) is 0 Å². The minimum absolute atomic E-state index is 0.917. The van der Waals surface area contributed by atoms with Gasteiger partial charge >= 0.3 is 0 Å². The van der Waals surface area contributed by atoms with Crippen LogP contribution in [-0.4, -0.2) is 40.0 Å². The van der Waals surface area contributed by atoms with Crippen molar-refractivity contribution in [3.05, 3.63) is 24.3 Å². The van der Waals surface area contributed by atoms with E-state index in [1.54, 1.807) is 4.68 Å². The lowest BCUT2D eigenvalue weighted by atomic mass is 10.3. The fourth-order valence-electron chi connectivity index (χ4n) is 1.19. The number of nitrogens with zero attached hydrogens (tertiary/aromatic N) is 4. The maximum atomic E-state index is 4.03. The van der Waals surface area contributed by atoms with Crippen molar-refractivity contribution in [1.82, 2.24) is 15.0 Å². The van der Waals surface area contributed by atoms with Crippen molar-refractivity contribution in [2.45, 2.75) is 0 Å². The monoisotopic (exact) mass is 175 g/mol. The highest BCUT2D eigenvalue weighted by molar-refractivity contribution is 5.79. The summed E-state index contributed by atoms with van der Waals surface area (Å²) in [7, 11) is 3.91. The number of benzene rings is 1. The molecule has 4 heteroatoms. The number of hydrogen-bond acceptors (Lipinski definition) is 2. The molecule has 1 aromatic carbocycles. The molecule has 0 amide bonds. The molecule has 0 atom stereocenters. The number of para-hydroxylation sites is 1. The first-order valence-corrected chi connectivity index (χ1v) is 4.09. The molecule has 0 aliphatic carbocycles. The first-order chi connectivity index (χ1) is 6.27. The van der Waals surface area contributed by atoms with Crippen molar-refractivity contribution < 1.29 is 4.58 Å². The summed E-state index contributed by atoms with van der Waals surface area (Å²) in [5.41, 5.74) is 1.94. The second kappa shape index (κ2) is 2.97. The van der Waals surface area contributed by atoms with E-state index in [1.165, 1.54) is 0 Å². The van der Waals surface area contributed by atoms with Crippen LogP contribution in [0.2, 0.25) is 0 Å². The highest BCUT2D eigenvalue weighted by atomic mass is 15.4. The molecule has 0 N–H and O–H groups in total. The molecule has 0 unspecified atom stereocenters. The molecule has 0 saturated heterocycles. The molecular weight excluding hydrogens is 164 g/mol. The lowest BCUT2D eigenvalue weighted by Crippen LogP contribution is -2.08. The van der Waals surface area contributed by atoms with Crippen molar-refractivity contribution in [3.63, 3.8) is 0 Å². The second-order valence-corrected chi connectivity index (χ2v) is 3.10. The summed E-state index contributed by atoms with van der Waals surface area (Å²) in [4.78, 5) is 0. The predicted molar refractivity (Wildman–Crippen MR) is 51.1 cm³/mol. The SMILES string of the molecule is C[N+](C)=Cn1nnc2ccccc21. The molecule has 13 heavy (non-hydrogen) atoms. The molecule has 4 nitrogen and oxygen atoms in total. The smallest absolute Gasteiger partial charge is 0.266 e. The lowest BCUT2D eigenvalue weighted by molar-refractivity contribution is -0.461. The molecule has 0 spiro atoms. The fraction of sp³-hybridized carbons (Fsp3) is 0.222. The van der Waals surface area contributed by atoms with E-state index in [-0.39, 0.29) is 0 Å². The Kier molecular flexibility index (Phi) is 1.81. The summed E-state index contributed by atoms with van der Waals surface area (Å²) in [6, 6.07) is 7.88. The number of hydrogen-bond donors (Lipinski definition) is 0. The maximum Gasteiger partial charge on any atom is 0.266 e. The highest BCUT2D eigenvalue weighted by Crippen LogP contribution is 2.07. The van der Waals surface area contributed by atoms with E-state index in [1.807, 2.05) is 49.3 Å². The van der Waals surface area contributed by atoms with Gasteiger partial charge in [-0.3, -0.25) is 4.58 Å². The average molecular weight is 175 g/mol. The Morgan fingerprint density at radius 2 is 2.08 bits per heavy atom. The lowest BCUT2D eigenvalue weighted by Gasteiger charge is -1.87. The van der Waals surface area contributed by atoms with Crippen molar-refractivity contribution in [2.24, 2.45) is 0 Å². The first kappa shape index (κ1) is 7.91. The van der Waals surface area contributed by atoms with Crippen LogP contribution in [0.25, 0.3) is 11.0 Å². The van der Waals surface area contributed by atoms with Gasteiger partial charge in [0.15, 0.2) is 5.52 Å². The molecule has 2 aromatic rings. The van der Waals surface area contributed by atoms with Gasteiger partial charge in [-0.05, 0) is 12.1 Å². The molecular formula is C9H11N4+. The molecule has 66 valence electrons. The summed E-state index contributed by atoms with van der Waals surface area (Å²) >= 11 is 0. The second-order valence-electron chi connectivity index (χ2n) is 3.10. The third kappa shape index (κ3) is 1.42. The molecule has 0 radical (unpaired) electrons. The minimum Gasteiger partial charge on any atom is -0.271 e. The Morgan fingerprint density at radius 3 is 2.85 bits per heavy atom. The van der Waals surface area contributed by atoms with Gasteiger partial charge in [-0.2, -0.15) is 0 Å². The van der Waals surface area contributed by atoms with E-state index < -0.39 is 0 Å². The van der Waals surface area contributed by atoms with Gasteiger partial charge in [0.25, 0.3) is 6.34 Å². The highest BCUT2D eigenvalue weighted by Gasteiger charge is 2.06. The van der Waals surface area contributed by atoms with Crippen LogP contribution >= 0.6 is 0 Å². The molecule has 0 bridgehead atoms. The van der Waals surface area contributed by atoms with E-state index in [9.17, 15) is 0 Å². The van der Waals surface area contributed by atoms with Crippen molar-refractivity contribution in [3.8, 4) is 0 Å².